The van der Waals surface area contributed by atoms with Crippen LogP contribution < -0.4 is 5.32 Å². The monoisotopic (exact) mass is 198 g/mol. The summed E-state index contributed by atoms with van der Waals surface area (Å²) in [7, 11) is 0. The Bertz CT molecular complexity index is 243. The van der Waals surface area contributed by atoms with Gasteiger partial charge in [-0.15, -0.1) is 11.3 Å². The zero-order valence-electron chi connectivity index (χ0n) is 8.63. The number of hydrogen-bond acceptors (Lipinski definition) is 3. The molecule has 0 aliphatic heterocycles. The van der Waals surface area contributed by atoms with E-state index in [1.165, 1.54) is 17.1 Å². The van der Waals surface area contributed by atoms with Gasteiger partial charge in [0.05, 0.1) is 5.69 Å². The Hall–Kier alpha value is -0.410. The zero-order chi connectivity index (χ0) is 9.68. The van der Waals surface area contributed by atoms with E-state index in [1.54, 1.807) is 11.3 Å². The highest BCUT2D eigenvalue weighted by Gasteiger charge is 2.01. The Labute approximate surface area is 84.4 Å². The van der Waals surface area contributed by atoms with Crippen LogP contribution in [-0.2, 0) is 13.0 Å². The number of thiazole rings is 1. The third-order valence-electron chi connectivity index (χ3n) is 1.77. The van der Waals surface area contributed by atoms with Gasteiger partial charge in [-0.1, -0.05) is 27.2 Å². The summed E-state index contributed by atoms with van der Waals surface area (Å²) < 4.78 is 0. The predicted octanol–water partition coefficient (Wildman–Crippen LogP) is 2.59. The fourth-order valence-electron chi connectivity index (χ4n) is 1.09. The molecule has 0 aromatic carbocycles. The number of nitrogens with one attached hydrogen (secondary N) is 1. The summed E-state index contributed by atoms with van der Waals surface area (Å²) >= 11 is 1.76. The molecule has 0 unspecified atom stereocenters. The number of hydrogen-bond donors (Lipinski definition) is 1. The Kier molecular flexibility index (Phi) is 4.39. The maximum atomic E-state index is 4.53. The van der Waals surface area contributed by atoms with Crippen molar-refractivity contribution >= 4 is 11.3 Å². The minimum Gasteiger partial charge on any atom is -0.308 e. The van der Waals surface area contributed by atoms with Crippen LogP contribution in [0.5, 0.6) is 0 Å². The SMILES string of the molecule is CCCc1csc(CNC(C)C)n1. The van der Waals surface area contributed by atoms with Crippen molar-refractivity contribution in [2.45, 2.75) is 46.2 Å². The molecule has 1 aromatic heterocycles. The lowest BCUT2D eigenvalue weighted by Crippen LogP contribution is -2.21. The summed E-state index contributed by atoms with van der Waals surface area (Å²) in [5.74, 6) is 0. The third-order valence-corrected chi connectivity index (χ3v) is 2.66. The van der Waals surface area contributed by atoms with Gasteiger partial charge in [0.15, 0.2) is 0 Å². The van der Waals surface area contributed by atoms with Crippen molar-refractivity contribution in [2.24, 2.45) is 0 Å². The largest absolute Gasteiger partial charge is 0.308 e. The molecule has 1 aromatic rings. The van der Waals surface area contributed by atoms with Gasteiger partial charge in [-0.2, -0.15) is 0 Å². The van der Waals surface area contributed by atoms with Gasteiger partial charge in [-0.05, 0) is 6.42 Å². The summed E-state index contributed by atoms with van der Waals surface area (Å²) in [6.45, 7) is 7.40. The molecule has 0 bridgehead atoms. The van der Waals surface area contributed by atoms with Crippen molar-refractivity contribution < 1.29 is 0 Å². The smallest absolute Gasteiger partial charge is 0.107 e. The fraction of sp³-hybridized carbons (Fsp3) is 0.700. The van der Waals surface area contributed by atoms with E-state index >= 15 is 0 Å². The average molecular weight is 198 g/mol. The summed E-state index contributed by atoms with van der Waals surface area (Å²) in [5.41, 5.74) is 1.24. The van der Waals surface area contributed by atoms with Crippen LogP contribution in [0.3, 0.4) is 0 Å². The van der Waals surface area contributed by atoms with Crippen LogP contribution in [0.2, 0.25) is 0 Å². The molecule has 0 saturated carbocycles. The van der Waals surface area contributed by atoms with Crippen molar-refractivity contribution in [1.82, 2.24) is 10.3 Å². The lowest BCUT2D eigenvalue weighted by atomic mass is 10.3. The molecule has 1 rings (SSSR count). The van der Waals surface area contributed by atoms with Crippen molar-refractivity contribution in [3.05, 3.63) is 16.1 Å². The molecule has 74 valence electrons. The van der Waals surface area contributed by atoms with E-state index in [0.717, 1.165) is 13.0 Å². The van der Waals surface area contributed by atoms with Gasteiger partial charge in [-0.3, -0.25) is 0 Å². The van der Waals surface area contributed by atoms with E-state index in [4.69, 9.17) is 0 Å². The summed E-state index contributed by atoms with van der Waals surface area (Å²) in [6.07, 6.45) is 2.29. The third kappa shape index (κ3) is 3.87. The Morgan fingerprint density at radius 1 is 1.54 bits per heavy atom. The molecule has 0 saturated heterocycles. The minimum absolute atomic E-state index is 0.540. The van der Waals surface area contributed by atoms with Gasteiger partial charge >= 0.3 is 0 Å². The molecular formula is C10H18N2S. The molecule has 0 atom stereocenters. The van der Waals surface area contributed by atoms with Crippen molar-refractivity contribution in [3.63, 3.8) is 0 Å². The highest BCUT2D eigenvalue weighted by Crippen LogP contribution is 2.11. The molecule has 0 aliphatic rings. The zero-order valence-corrected chi connectivity index (χ0v) is 9.45. The highest BCUT2D eigenvalue weighted by molar-refractivity contribution is 7.09. The van der Waals surface area contributed by atoms with Gasteiger partial charge in [0.1, 0.15) is 5.01 Å². The Morgan fingerprint density at radius 3 is 2.92 bits per heavy atom. The first kappa shape index (κ1) is 10.7. The lowest BCUT2D eigenvalue weighted by Gasteiger charge is -2.04. The van der Waals surface area contributed by atoms with Crippen LogP contribution in [-0.4, -0.2) is 11.0 Å². The number of aromatic nitrogens is 1. The standard InChI is InChI=1S/C10H18N2S/c1-4-5-9-7-13-10(12-9)6-11-8(2)3/h7-8,11H,4-6H2,1-3H3. The quantitative estimate of drug-likeness (QED) is 0.786. The lowest BCUT2D eigenvalue weighted by molar-refractivity contribution is 0.586. The molecular weight excluding hydrogens is 180 g/mol. The summed E-state index contributed by atoms with van der Waals surface area (Å²) in [5, 5.41) is 6.74. The Morgan fingerprint density at radius 2 is 2.31 bits per heavy atom. The van der Waals surface area contributed by atoms with Gasteiger partial charge in [0.2, 0.25) is 0 Å². The molecule has 2 nitrogen and oxygen atoms in total. The van der Waals surface area contributed by atoms with Crippen LogP contribution in [0, 0.1) is 0 Å². The molecule has 0 radical (unpaired) electrons. The van der Waals surface area contributed by atoms with Gasteiger partial charge < -0.3 is 5.32 Å². The Balaban J connectivity index is 2.39. The van der Waals surface area contributed by atoms with Crippen LogP contribution >= 0.6 is 11.3 Å². The normalized spacial score (nSPS) is 11.1. The van der Waals surface area contributed by atoms with Crippen LogP contribution in [0.1, 0.15) is 37.9 Å². The number of rotatable bonds is 5. The summed E-state index contributed by atoms with van der Waals surface area (Å²) in [4.78, 5) is 4.53. The van der Waals surface area contributed by atoms with E-state index in [0.29, 0.717) is 6.04 Å². The second-order valence-corrected chi connectivity index (χ2v) is 4.46. The molecule has 0 amide bonds. The molecule has 0 fully saturated rings. The van der Waals surface area contributed by atoms with E-state index in [2.05, 4.69) is 36.5 Å². The summed E-state index contributed by atoms with van der Waals surface area (Å²) in [6, 6.07) is 0.540. The van der Waals surface area contributed by atoms with Crippen molar-refractivity contribution in [2.75, 3.05) is 0 Å². The molecule has 0 spiro atoms. The first-order chi connectivity index (χ1) is 6.22. The molecule has 3 heteroatoms. The minimum atomic E-state index is 0.540. The maximum Gasteiger partial charge on any atom is 0.107 e. The number of aryl methyl sites for hydroxylation is 1. The second-order valence-electron chi connectivity index (χ2n) is 3.52. The topological polar surface area (TPSA) is 24.9 Å². The van der Waals surface area contributed by atoms with E-state index in [1.807, 2.05) is 0 Å². The maximum absolute atomic E-state index is 4.53. The van der Waals surface area contributed by atoms with Crippen LogP contribution in [0.4, 0.5) is 0 Å². The molecule has 13 heavy (non-hydrogen) atoms. The molecule has 1 heterocycles. The van der Waals surface area contributed by atoms with Gasteiger partial charge in [0.25, 0.3) is 0 Å². The predicted molar refractivity (Wildman–Crippen MR) is 58.1 cm³/mol. The van der Waals surface area contributed by atoms with Crippen LogP contribution in [0.15, 0.2) is 5.38 Å². The van der Waals surface area contributed by atoms with Crippen molar-refractivity contribution in [1.29, 1.82) is 0 Å². The fourth-order valence-corrected chi connectivity index (χ4v) is 1.87. The van der Waals surface area contributed by atoms with Gasteiger partial charge in [-0.25, -0.2) is 4.98 Å². The molecule has 0 aliphatic carbocycles. The molecule has 1 N–H and O–H groups in total. The van der Waals surface area contributed by atoms with Gasteiger partial charge in [0, 0.05) is 18.0 Å². The highest BCUT2D eigenvalue weighted by atomic mass is 32.1. The first-order valence-electron chi connectivity index (χ1n) is 4.89. The first-order valence-corrected chi connectivity index (χ1v) is 5.77. The van der Waals surface area contributed by atoms with Crippen molar-refractivity contribution in [3.8, 4) is 0 Å². The second kappa shape index (κ2) is 5.35. The van der Waals surface area contributed by atoms with E-state index < -0.39 is 0 Å². The van der Waals surface area contributed by atoms with E-state index in [9.17, 15) is 0 Å². The average Bonchev–Trinajstić information content (AvgIpc) is 2.50. The van der Waals surface area contributed by atoms with Crippen LogP contribution in [0.25, 0.3) is 0 Å². The number of nitrogens with zero attached hydrogens (tertiary/aromatic N) is 1. The van der Waals surface area contributed by atoms with E-state index in [-0.39, 0.29) is 0 Å².